The molecular formula is C11H13NO4. The van der Waals surface area contributed by atoms with Gasteiger partial charge in [-0.25, -0.2) is 0 Å². The minimum Gasteiger partial charge on any atom is -0.486 e. The molecule has 0 unspecified atom stereocenters. The fourth-order valence-electron chi connectivity index (χ4n) is 1.72. The van der Waals surface area contributed by atoms with E-state index in [1.165, 1.54) is 0 Å². The number of hydrogen-bond donors (Lipinski definition) is 3. The van der Waals surface area contributed by atoms with Crippen molar-refractivity contribution < 1.29 is 19.7 Å². The van der Waals surface area contributed by atoms with Crippen molar-refractivity contribution in [2.75, 3.05) is 6.54 Å². The van der Waals surface area contributed by atoms with Crippen molar-refractivity contribution in [2.24, 2.45) is 0 Å². The van der Waals surface area contributed by atoms with E-state index in [0.29, 0.717) is 12.3 Å². The highest BCUT2D eigenvalue weighted by molar-refractivity contribution is 5.75. The largest absolute Gasteiger partial charge is 0.486 e. The van der Waals surface area contributed by atoms with Crippen molar-refractivity contribution in [3.05, 3.63) is 30.3 Å². The Morgan fingerprint density at radius 3 is 2.62 bits per heavy atom. The number of carboxylic acids is 1. The molecule has 5 heteroatoms. The lowest BCUT2D eigenvalue weighted by molar-refractivity contribution is -0.142. The molecule has 3 atom stereocenters. The van der Waals surface area contributed by atoms with E-state index in [1.54, 1.807) is 12.1 Å². The van der Waals surface area contributed by atoms with Gasteiger partial charge in [0.15, 0.2) is 0 Å². The summed E-state index contributed by atoms with van der Waals surface area (Å²) in [6.45, 7) is 0.326. The van der Waals surface area contributed by atoms with Crippen LogP contribution in [-0.2, 0) is 4.79 Å². The Balaban J connectivity index is 2.00. The molecule has 5 nitrogen and oxygen atoms in total. The van der Waals surface area contributed by atoms with Crippen LogP contribution in [0.2, 0.25) is 0 Å². The summed E-state index contributed by atoms with van der Waals surface area (Å²) in [6, 6.07) is 8.07. The highest BCUT2D eigenvalue weighted by atomic mass is 16.5. The van der Waals surface area contributed by atoms with Gasteiger partial charge < -0.3 is 14.9 Å². The summed E-state index contributed by atoms with van der Waals surface area (Å²) in [6.07, 6.45) is -1.55. The molecule has 1 aliphatic rings. The number of carbonyl (C=O) groups is 1. The van der Waals surface area contributed by atoms with Gasteiger partial charge in [0, 0.05) is 6.54 Å². The third-order valence-corrected chi connectivity index (χ3v) is 2.56. The van der Waals surface area contributed by atoms with Gasteiger partial charge in [-0.2, -0.15) is 0 Å². The van der Waals surface area contributed by atoms with Crippen molar-refractivity contribution in [3.63, 3.8) is 0 Å². The maximum Gasteiger partial charge on any atom is 0.323 e. The molecule has 1 heterocycles. The zero-order chi connectivity index (χ0) is 11.5. The summed E-state index contributed by atoms with van der Waals surface area (Å²) in [7, 11) is 0. The fraction of sp³-hybridized carbons (Fsp3) is 0.364. The topological polar surface area (TPSA) is 78.8 Å². The summed E-state index contributed by atoms with van der Waals surface area (Å²) in [5.74, 6) is -0.439. The lowest BCUT2D eigenvalue weighted by Gasteiger charge is -2.17. The van der Waals surface area contributed by atoms with Crippen LogP contribution in [0.15, 0.2) is 30.3 Å². The third-order valence-electron chi connectivity index (χ3n) is 2.56. The maximum atomic E-state index is 10.7. The SMILES string of the molecule is O=C(O)[C@H]1NC[C@@H](Oc2ccccc2)[C@@H]1O. The number of aliphatic carboxylic acids is 1. The summed E-state index contributed by atoms with van der Waals surface area (Å²) in [5.41, 5.74) is 0. The number of aliphatic hydroxyl groups excluding tert-OH is 1. The smallest absolute Gasteiger partial charge is 0.323 e. The van der Waals surface area contributed by atoms with Gasteiger partial charge in [0.1, 0.15) is 24.0 Å². The first-order chi connectivity index (χ1) is 7.68. The van der Waals surface area contributed by atoms with Crippen LogP contribution in [0.5, 0.6) is 5.75 Å². The number of benzene rings is 1. The number of ether oxygens (including phenoxy) is 1. The number of rotatable bonds is 3. The Labute approximate surface area is 92.7 Å². The van der Waals surface area contributed by atoms with Crippen LogP contribution in [-0.4, -0.2) is 41.0 Å². The molecule has 0 amide bonds. The maximum absolute atomic E-state index is 10.7. The van der Waals surface area contributed by atoms with Crippen LogP contribution in [0, 0.1) is 0 Å². The molecule has 0 radical (unpaired) electrons. The number of para-hydroxylation sites is 1. The second-order valence-electron chi connectivity index (χ2n) is 3.68. The van der Waals surface area contributed by atoms with Gasteiger partial charge in [0.25, 0.3) is 0 Å². The van der Waals surface area contributed by atoms with Crippen LogP contribution in [0.25, 0.3) is 0 Å². The van der Waals surface area contributed by atoms with Gasteiger partial charge in [0.2, 0.25) is 0 Å². The molecule has 0 bridgehead atoms. The molecule has 0 aromatic heterocycles. The molecule has 3 N–H and O–H groups in total. The van der Waals surface area contributed by atoms with Crippen molar-refractivity contribution >= 4 is 5.97 Å². The first kappa shape index (κ1) is 10.9. The van der Waals surface area contributed by atoms with Gasteiger partial charge in [-0.05, 0) is 12.1 Å². The molecule has 1 aromatic carbocycles. The van der Waals surface area contributed by atoms with E-state index in [1.807, 2.05) is 18.2 Å². The van der Waals surface area contributed by atoms with Crippen LogP contribution in [0.1, 0.15) is 0 Å². The molecule has 1 fully saturated rings. The van der Waals surface area contributed by atoms with E-state index in [0.717, 1.165) is 0 Å². The van der Waals surface area contributed by atoms with E-state index >= 15 is 0 Å². The summed E-state index contributed by atoms with van der Waals surface area (Å²) in [5, 5.41) is 21.2. The lowest BCUT2D eigenvalue weighted by Crippen LogP contribution is -2.41. The molecule has 1 aliphatic heterocycles. The van der Waals surface area contributed by atoms with Gasteiger partial charge in [-0.1, -0.05) is 18.2 Å². The Morgan fingerprint density at radius 1 is 1.38 bits per heavy atom. The molecule has 1 saturated heterocycles. The number of nitrogens with one attached hydrogen (secondary N) is 1. The molecule has 16 heavy (non-hydrogen) atoms. The Bertz CT molecular complexity index is 368. The zero-order valence-electron chi connectivity index (χ0n) is 8.54. The van der Waals surface area contributed by atoms with Crippen molar-refractivity contribution in [1.82, 2.24) is 5.32 Å². The minimum absolute atomic E-state index is 0.326. The van der Waals surface area contributed by atoms with Gasteiger partial charge in [-0.3, -0.25) is 10.1 Å². The van der Waals surface area contributed by atoms with Crippen molar-refractivity contribution in [3.8, 4) is 5.75 Å². The van der Waals surface area contributed by atoms with Gasteiger partial charge in [0.05, 0.1) is 0 Å². The minimum atomic E-state index is -1.06. The monoisotopic (exact) mass is 223 g/mol. The summed E-state index contributed by atoms with van der Waals surface area (Å²) >= 11 is 0. The second kappa shape index (κ2) is 4.51. The predicted molar refractivity (Wildman–Crippen MR) is 56.3 cm³/mol. The molecular weight excluding hydrogens is 210 g/mol. The molecule has 2 rings (SSSR count). The number of carboxylic acid groups (broad SMARTS) is 1. The van der Waals surface area contributed by atoms with E-state index in [9.17, 15) is 9.90 Å². The van der Waals surface area contributed by atoms with Crippen LogP contribution < -0.4 is 10.1 Å². The van der Waals surface area contributed by atoms with Gasteiger partial charge in [-0.15, -0.1) is 0 Å². The average Bonchev–Trinajstić information content (AvgIpc) is 2.62. The lowest BCUT2D eigenvalue weighted by atomic mass is 10.1. The predicted octanol–water partition coefficient (Wildman–Crippen LogP) is -0.149. The Morgan fingerprint density at radius 2 is 2.06 bits per heavy atom. The van der Waals surface area contributed by atoms with E-state index in [4.69, 9.17) is 9.84 Å². The van der Waals surface area contributed by atoms with Crippen LogP contribution >= 0.6 is 0 Å². The second-order valence-corrected chi connectivity index (χ2v) is 3.68. The fourth-order valence-corrected chi connectivity index (χ4v) is 1.72. The molecule has 0 spiro atoms. The number of hydrogen-bond acceptors (Lipinski definition) is 4. The quantitative estimate of drug-likeness (QED) is 0.664. The standard InChI is InChI=1S/C11H13NO4/c13-10-8(6-12-9(10)11(14)15)16-7-4-2-1-3-5-7/h1-5,8-10,12-13H,6H2,(H,14,15)/t8-,9+,10+/m1/s1. The highest BCUT2D eigenvalue weighted by Gasteiger charge is 2.40. The molecule has 0 saturated carbocycles. The third kappa shape index (κ3) is 2.15. The van der Waals surface area contributed by atoms with Crippen molar-refractivity contribution in [2.45, 2.75) is 18.2 Å². The van der Waals surface area contributed by atoms with Crippen LogP contribution in [0.3, 0.4) is 0 Å². The molecule has 0 aliphatic carbocycles. The zero-order valence-corrected chi connectivity index (χ0v) is 8.54. The summed E-state index contributed by atoms with van der Waals surface area (Å²) < 4.78 is 5.49. The molecule has 86 valence electrons. The van der Waals surface area contributed by atoms with Crippen LogP contribution in [0.4, 0.5) is 0 Å². The van der Waals surface area contributed by atoms with E-state index in [2.05, 4.69) is 5.32 Å². The summed E-state index contributed by atoms with van der Waals surface area (Å²) in [4.78, 5) is 10.7. The van der Waals surface area contributed by atoms with Crippen molar-refractivity contribution in [1.29, 1.82) is 0 Å². The average molecular weight is 223 g/mol. The first-order valence-corrected chi connectivity index (χ1v) is 5.04. The van der Waals surface area contributed by atoms with E-state index < -0.39 is 24.2 Å². The molecule has 1 aromatic rings. The highest BCUT2D eigenvalue weighted by Crippen LogP contribution is 2.17. The Kier molecular flexibility index (Phi) is 3.07. The number of aliphatic hydroxyl groups is 1. The van der Waals surface area contributed by atoms with E-state index in [-0.39, 0.29) is 0 Å². The van der Waals surface area contributed by atoms with Gasteiger partial charge >= 0.3 is 5.97 Å². The first-order valence-electron chi connectivity index (χ1n) is 5.04. The normalized spacial score (nSPS) is 28.9. The Hall–Kier alpha value is -1.59.